The van der Waals surface area contributed by atoms with Crippen LogP contribution in [-0.2, 0) is 0 Å². The standard InChI is InChI=1S/C26H46O4/c1-15-17(3)26(30)14-19(28)8-11-23(26,5)20-9-12-24(6)22(21(15)20)16(2)18(4)25(24,29)10-7-13-27/h15-22,27-30H,7-14H2,1-6H3/t15-,16+,17+,18-,19-,20?,21?,22?,23+,24-,25-,26+/m0/s1. The summed E-state index contributed by atoms with van der Waals surface area (Å²) in [5.41, 5.74) is -1.85. The van der Waals surface area contributed by atoms with Gasteiger partial charge in [0.1, 0.15) is 0 Å². The fraction of sp³-hybridized carbons (Fsp3) is 1.00. The molecule has 30 heavy (non-hydrogen) atoms. The van der Waals surface area contributed by atoms with Crippen LogP contribution < -0.4 is 0 Å². The Bertz CT molecular complexity index is 667. The van der Waals surface area contributed by atoms with E-state index in [2.05, 4.69) is 41.5 Å². The highest BCUT2D eigenvalue weighted by atomic mass is 16.3. The van der Waals surface area contributed by atoms with E-state index in [4.69, 9.17) is 0 Å². The molecule has 3 unspecified atom stereocenters. The molecular weight excluding hydrogens is 376 g/mol. The molecule has 0 heterocycles. The van der Waals surface area contributed by atoms with E-state index >= 15 is 0 Å². The van der Waals surface area contributed by atoms with Gasteiger partial charge in [-0.1, -0.05) is 41.5 Å². The first-order valence-corrected chi connectivity index (χ1v) is 12.6. The first-order chi connectivity index (χ1) is 13.9. The predicted molar refractivity (Wildman–Crippen MR) is 119 cm³/mol. The van der Waals surface area contributed by atoms with E-state index in [0.717, 1.165) is 25.7 Å². The number of aliphatic hydroxyl groups is 4. The third-order valence-electron chi connectivity index (χ3n) is 11.9. The SMILES string of the molecule is C[C@@H]1C2C3[C@H](C)[C@H](C)[C@@](O)(CCCO)[C@@]3(C)CCC2[C@@]2(C)CC[C@H](O)C[C@@]2(O)[C@@H]1C. The lowest BCUT2D eigenvalue weighted by Gasteiger charge is -2.68. The van der Waals surface area contributed by atoms with E-state index in [1.54, 1.807) is 0 Å². The fourth-order valence-corrected chi connectivity index (χ4v) is 9.85. The molecule has 12 atom stereocenters. The summed E-state index contributed by atoms with van der Waals surface area (Å²) in [6.45, 7) is 13.9. The molecule has 174 valence electrons. The molecule has 0 bridgehead atoms. The molecule has 4 saturated carbocycles. The van der Waals surface area contributed by atoms with Crippen molar-refractivity contribution >= 4 is 0 Å². The molecule has 4 aliphatic rings. The molecular formula is C26H46O4. The molecule has 0 amide bonds. The highest BCUT2D eigenvalue weighted by Crippen LogP contribution is 2.73. The van der Waals surface area contributed by atoms with Gasteiger partial charge in [-0.15, -0.1) is 0 Å². The van der Waals surface area contributed by atoms with E-state index < -0.39 is 17.3 Å². The van der Waals surface area contributed by atoms with Gasteiger partial charge < -0.3 is 20.4 Å². The van der Waals surface area contributed by atoms with E-state index in [1.165, 1.54) is 0 Å². The van der Waals surface area contributed by atoms with Gasteiger partial charge in [-0.2, -0.15) is 0 Å². The Balaban J connectivity index is 1.78. The number of fused-ring (bicyclic) bond motifs is 5. The molecule has 0 aromatic heterocycles. The lowest BCUT2D eigenvalue weighted by Crippen LogP contribution is -2.69. The normalized spacial score (nSPS) is 60.6. The van der Waals surface area contributed by atoms with Crippen LogP contribution in [0.2, 0.25) is 0 Å². The quantitative estimate of drug-likeness (QED) is 0.554. The fourth-order valence-electron chi connectivity index (χ4n) is 9.85. The van der Waals surface area contributed by atoms with Crippen molar-refractivity contribution in [1.29, 1.82) is 0 Å². The van der Waals surface area contributed by atoms with E-state index in [-0.39, 0.29) is 29.3 Å². The minimum atomic E-state index is -0.806. The molecule has 0 aromatic rings. The van der Waals surface area contributed by atoms with Gasteiger partial charge >= 0.3 is 0 Å². The maximum atomic E-state index is 12.0. The number of aliphatic hydroxyl groups excluding tert-OH is 2. The molecule has 0 spiro atoms. The maximum absolute atomic E-state index is 12.0. The molecule has 4 fully saturated rings. The summed E-state index contributed by atoms with van der Waals surface area (Å²) >= 11 is 0. The van der Waals surface area contributed by atoms with Gasteiger partial charge in [0.05, 0.1) is 17.3 Å². The van der Waals surface area contributed by atoms with E-state index in [1.807, 2.05) is 0 Å². The number of hydrogen-bond donors (Lipinski definition) is 4. The monoisotopic (exact) mass is 422 g/mol. The molecule has 0 aromatic carbocycles. The first-order valence-electron chi connectivity index (χ1n) is 12.6. The molecule has 0 aliphatic heterocycles. The summed E-state index contributed by atoms with van der Waals surface area (Å²) in [5, 5.41) is 44.0. The van der Waals surface area contributed by atoms with Crippen LogP contribution >= 0.6 is 0 Å². The van der Waals surface area contributed by atoms with Crippen molar-refractivity contribution in [3.8, 4) is 0 Å². The highest BCUT2D eigenvalue weighted by molar-refractivity contribution is 5.21. The second-order valence-corrected chi connectivity index (χ2v) is 12.5. The molecule has 4 rings (SSSR count). The number of rotatable bonds is 3. The Kier molecular flexibility index (Phi) is 5.50. The van der Waals surface area contributed by atoms with Gasteiger partial charge in [0.25, 0.3) is 0 Å². The van der Waals surface area contributed by atoms with Crippen LogP contribution in [0.5, 0.6) is 0 Å². The van der Waals surface area contributed by atoms with Crippen LogP contribution in [0.25, 0.3) is 0 Å². The summed E-state index contributed by atoms with van der Waals surface area (Å²) in [6.07, 6.45) is 5.17. The zero-order chi connectivity index (χ0) is 22.3. The van der Waals surface area contributed by atoms with Crippen molar-refractivity contribution in [3.05, 3.63) is 0 Å². The molecule has 4 nitrogen and oxygen atoms in total. The Morgan fingerprint density at radius 1 is 0.867 bits per heavy atom. The molecule has 4 heteroatoms. The largest absolute Gasteiger partial charge is 0.396 e. The van der Waals surface area contributed by atoms with Gasteiger partial charge in [0, 0.05) is 13.0 Å². The van der Waals surface area contributed by atoms with E-state index in [9.17, 15) is 20.4 Å². The second-order valence-electron chi connectivity index (χ2n) is 12.5. The molecule has 0 saturated heterocycles. The van der Waals surface area contributed by atoms with Crippen LogP contribution in [0, 0.1) is 52.3 Å². The third kappa shape index (κ3) is 2.60. The average molecular weight is 423 g/mol. The van der Waals surface area contributed by atoms with Crippen LogP contribution in [-0.4, -0.2) is 44.3 Å². The summed E-state index contributed by atoms with van der Waals surface area (Å²) in [4.78, 5) is 0. The molecule has 4 N–H and O–H groups in total. The Labute approximate surface area is 183 Å². The van der Waals surface area contributed by atoms with Crippen molar-refractivity contribution in [2.24, 2.45) is 52.3 Å². The van der Waals surface area contributed by atoms with Crippen LogP contribution in [0.3, 0.4) is 0 Å². The third-order valence-corrected chi connectivity index (χ3v) is 11.9. The maximum Gasteiger partial charge on any atom is 0.0756 e. The van der Waals surface area contributed by atoms with Crippen LogP contribution in [0.4, 0.5) is 0 Å². The minimum Gasteiger partial charge on any atom is -0.396 e. The van der Waals surface area contributed by atoms with Gasteiger partial charge in [-0.05, 0) is 90.8 Å². The van der Waals surface area contributed by atoms with Crippen molar-refractivity contribution in [2.45, 2.75) is 104 Å². The zero-order valence-electron chi connectivity index (χ0n) is 20.1. The van der Waals surface area contributed by atoms with E-state index in [0.29, 0.717) is 48.9 Å². The highest BCUT2D eigenvalue weighted by Gasteiger charge is 2.72. The summed E-state index contributed by atoms with van der Waals surface area (Å²) in [5.74, 6) is 2.48. The Morgan fingerprint density at radius 2 is 1.50 bits per heavy atom. The van der Waals surface area contributed by atoms with Gasteiger partial charge in [0.15, 0.2) is 0 Å². The molecule has 4 aliphatic carbocycles. The van der Waals surface area contributed by atoms with Crippen molar-refractivity contribution in [3.63, 3.8) is 0 Å². The lowest BCUT2D eigenvalue weighted by atomic mass is 9.38. The lowest BCUT2D eigenvalue weighted by molar-refractivity contribution is -0.268. The topological polar surface area (TPSA) is 80.9 Å². The smallest absolute Gasteiger partial charge is 0.0756 e. The Hall–Kier alpha value is -0.160. The van der Waals surface area contributed by atoms with Gasteiger partial charge in [-0.25, -0.2) is 0 Å². The Morgan fingerprint density at radius 3 is 2.13 bits per heavy atom. The predicted octanol–water partition coefficient (Wildman–Crippen LogP) is 3.99. The first kappa shape index (κ1) is 23.0. The van der Waals surface area contributed by atoms with Crippen LogP contribution in [0.1, 0.15) is 86.5 Å². The molecule has 0 radical (unpaired) electrons. The summed E-state index contributed by atoms with van der Waals surface area (Å²) < 4.78 is 0. The van der Waals surface area contributed by atoms with Crippen molar-refractivity contribution < 1.29 is 20.4 Å². The average Bonchev–Trinajstić information content (AvgIpc) is 2.85. The van der Waals surface area contributed by atoms with Gasteiger partial charge in [0.2, 0.25) is 0 Å². The second kappa shape index (κ2) is 7.17. The van der Waals surface area contributed by atoms with Crippen LogP contribution in [0.15, 0.2) is 0 Å². The minimum absolute atomic E-state index is 0.134. The summed E-state index contributed by atoms with van der Waals surface area (Å²) in [6, 6.07) is 0. The van der Waals surface area contributed by atoms with Crippen molar-refractivity contribution in [1.82, 2.24) is 0 Å². The van der Waals surface area contributed by atoms with Crippen molar-refractivity contribution in [2.75, 3.05) is 6.61 Å². The zero-order valence-corrected chi connectivity index (χ0v) is 20.1. The van der Waals surface area contributed by atoms with Gasteiger partial charge in [-0.3, -0.25) is 0 Å². The number of hydrogen-bond acceptors (Lipinski definition) is 4. The summed E-state index contributed by atoms with van der Waals surface area (Å²) in [7, 11) is 0.